The van der Waals surface area contributed by atoms with Crippen LogP contribution >= 0.6 is 27.3 Å². The van der Waals surface area contributed by atoms with Gasteiger partial charge in [-0.2, -0.15) is 0 Å². The molecule has 1 atom stereocenters. The zero-order valence-electron chi connectivity index (χ0n) is 13.4. The van der Waals surface area contributed by atoms with Crippen LogP contribution in [0.5, 0.6) is 0 Å². The van der Waals surface area contributed by atoms with Crippen molar-refractivity contribution in [3.8, 4) is 0 Å². The Balaban J connectivity index is 2.25. The molecule has 1 N–H and O–H groups in total. The highest BCUT2D eigenvalue weighted by Gasteiger charge is 2.33. The lowest BCUT2D eigenvalue weighted by atomic mass is 9.84. The van der Waals surface area contributed by atoms with E-state index in [0.717, 1.165) is 33.2 Å². The number of thiazole rings is 1. The molecule has 0 saturated heterocycles. The topological polar surface area (TPSA) is 29.3 Å². The normalized spacial score (nSPS) is 17.8. The maximum atomic E-state index is 13.5. The van der Waals surface area contributed by atoms with Crippen molar-refractivity contribution in [3.63, 3.8) is 0 Å². The summed E-state index contributed by atoms with van der Waals surface area (Å²) >= 11 is 5.02. The summed E-state index contributed by atoms with van der Waals surface area (Å²) in [6.45, 7) is 13.5. The molecule has 1 aromatic heterocycles. The molecule has 0 amide bonds. The summed E-state index contributed by atoms with van der Waals surface area (Å²) in [5, 5.41) is 6.17. The van der Waals surface area contributed by atoms with Crippen LogP contribution < -0.4 is 5.32 Å². The summed E-state index contributed by atoms with van der Waals surface area (Å²) in [4.78, 5) is 8.37. The first-order valence-corrected chi connectivity index (χ1v) is 9.03. The van der Waals surface area contributed by atoms with Gasteiger partial charge in [0.05, 0.1) is 12.5 Å². The number of hydrogen-bond acceptors (Lipinski definition) is 3. The van der Waals surface area contributed by atoms with Gasteiger partial charge in [0.25, 0.3) is 0 Å². The minimum Gasteiger partial charge on any atom is -0.372 e. The van der Waals surface area contributed by atoms with Crippen LogP contribution in [0.15, 0.2) is 45.1 Å². The summed E-state index contributed by atoms with van der Waals surface area (Å²) < 4.78 is 14.2. The monoisotopic (exact) mass is 403 g/mol. The van der Waals surface area contributed by atoms with E-state index in [-0.39, 0.29) is 11.7 Å². The third-order valence-electron chi connectivity index (χ3n) is 3.97. The predicted molar refractivity (Wildman–Crippen MR) is 98.7 cm³/mol. The van der Waals surface area contributed by atoms with Gasteiger partial charge in [-0.15, -0.1) is 11.3 Å². The first-order valence-electron chi connectivity index (χ1n) is 7.35. The van der Waals surface area contributed by atoms with E-state index in [2.05, 4.69) is 31.1 Å². The van der Waals surface area contributed by atoms with E-state index in [0.29, 0.717) is 10.2 Å². The lowest BCUT2D eigenvalue weighted by Gasteiger charge is -2.29. The van der Waals surface area contributed by atoms with Gasteiger partial charge >= 0.3 is 0 Å². The Kier molecular flexibility index (Phi) is 4.57. The van der Waals surface area contributed by atoms with Crippen molar-refractivity contribution >= 4 is 32.8 Å². The molecule has 1 unspecified atom stereocenters. The van der Waals surface area contributed by atoms with Crippen LogP contribution in [0.3, 0.4) is 0 Å². The highest BCUT2D eigenvalue weighted by atomic mass is 79.9. The fourth-order valence-electron chi connectivity index (χ4n) is 2.93. The van der Waals surface area contributed by atoms with E-state index in [4.69, 9.17) is 6.57 Å². The zero-order chi connectivity index (χ0) is 17.4. The molecule has 6 heteroatoms. The number of dihydropyridines is 1. The summed E-state index contributed by atoms with van der Waals surface area (Å²) in [7, 11) is 0. The van der Waals surface area contributed by atoms with Gasteiger partial charge in [-0.3, -0.25) is 0 Å². The van der Waals surface area contributed by atoms with Gasteiger partial charge in [0, 0.05) is 32.5 Å². The van der Waals surface area contributed by atoms with Crippen LogP contribution in [0.4, 0.5) is 4.39 Å². The second kappa shape index (κ2) is 6.50. The maximum absolute atomic E-state index is 13.5. The van der Waals surface area contributed by atoms with Gasteiger partial charge in [0.1, 0.15) is 10.8 Å². The molecule has 0 aliphatic carbocycles. The van der Waals surface area contributed by atoms with Crippen LogP contribution in [0, 0.1) is 19.3 Å². The number of benzene rings is 1. The lowest BCUT2D eigenvalue weighted by molar-refractivity contribution is 0.625. The molecule has 0 fully saturated rings. The van der Waals surface area contributed by atoms with Crippen LogP contribution in [-0.4, -0.2) is 4.98 Å². The lowest BCUT2D eigenvalue weighted by Crippen LogP contribution is -2.23. The molecule has 2 heterocycles. The molecule has 2 aromatic rings. The summed E-state index contributed by atoms with van der Waals surface area (Å²) in [6.07, 6.45) is 0. The van der Waals surface area contributed by atoms with E-state index >= 15 is 0 Å². The van der Waals surface area contributed by atoms with Gasteiger partial charge in [-0.05, 0) is 38.5 Å². The van der Waals surface area contributed by atoms with Crippen molar-refractivity contribution in [2.24, 2.45) is 0 Å². The fraction of sp³-hybridized carbons (Fsp3) is 0.222. The Morgan fingerprint density at radius 1 is 1.29 bits per heavy atom. The van der Waals surface area contributed by atoms with Crippen molar-refractivity contribution in [2.45, 2.75) is 26.7 Å². The van der Waals surface area contributed by atoms with E-state index in [1.54, 1.807) is 17.4 Å². The third-order valence-corrected chi connectivity index (χ3v) is 5.65. The van der Waals surface area contributed by atoms with Gasteiger partial charge in [0.15, 0.2) is 5.70 Å². The number of nitrogens with one attached hydrogen (secondary N) is 1. The Morgan fingerprint density at radius 2 is 2.04 bits per heavy atom. The molecule has 0 spiro atoms. The average Bonchev–Trinajstić information content (AvgIpc) is 2.93. The van der Waals surface area contributed by atoms with Crippen molar-refractivity contribution in [3.05, 3.63) is 78.6 Å². The quantitative estimate of drug-likeness (QED) is 0.659. The molecule has 0 saturated carbocycles. The maximum Gasteiger partial charge on any atom is 0.195 e. The van der Waals surface area contributed by atoms with Crippen molar-refractivity contribution < 1.29 is 4.39 Å². The van der Waals surface area contributed by atoms with Crippen molar-refractivity contribution in [1.82, 2.24) is 10.3 Å². The SMILES string of the molecule is [C-]#[N+]C1=C(C)NC(C)=C(c2nc(C)cs2)C1c1ccc(F)cc1Br. The number of aryl methyl sites for hydroxylation is 1. The highest BCUT2D eigenvalue weighted by Crippen LogP contribution is 2.46. The zero-order valence-corrected chi connectivity index (χ0v) is 15.8. The number of hydrogen-bond donors (Lipinski definition) is 1. The minimum atomic E-state index is -0.308. The summed E-state index contributed by atoms with van der Waals surface area (Å²) in [5.41, 5.74) is 5.18. The molecule has 3 rings (SSSR count). The molecule has 24 heavy (non-hydrogen) atoms. The number of halogens is 2. The fourth-order valence-corrected chi connectivity index (χ4v) is 4.44. The van der Waals surface area contributed by atoms with Crippen molar-refractivity contribution in [1.29, 1.82) is 0 Å². The number of rotatable bonds is 2. The molecule has 0 bridgehead atoms. The van der Waals surface area contributed by atoms with Gasteiger partial charge in [-0.25, -0.2) is 14.2 Å². The molecule has 0 radical (unpaired) electrons. The van der Waals surface area contributed by atoms with Crippen LogP contribution in [0.1, 0.15) is 36.0 Å². The molecular formula is C18H15BrFN3S. The Morgan fingerprint density at radius 3 is 2.62 bits per heavy atom. The molecule has 122 valence electrons. The molecule has 1 aliphatic heterocycles. The standard InChI is InChI=1S/C18H15BrFN3S/c1-9-8-24-18(22-9)15-10(2)23-11(3)17(21-4)16(15)13-6-5-12(20)7-14(13)19/h5-8,16,23H,1-3H3. The van der Waals surface area contributed by atoms with Crippen LogP contribution in [-0.2, 0) is 0 Å². The Bertz CT molecular complexity index is 921. The smallest absolute Gasteiger partial charge is 0.195 e. The van der Waals surface area contributed by atoms with Gasteiger partial charge in [-0.1, -0.05) is 22.0 Å². The first-order chi connectivity index (χ1) is 11.4. The Labute approximate surface area is 152 Å². The van der Waals surface area contributed by atoms with Crippen molar-refractivity contribution in [2.75, 3.05) is 0 Å². The third kappa shape index (κ3) is 2.90. The van der Waals surface area contributed by atoms with Gasteiger partial charge in [0.2, 0.25) is 0 Å². The number of aromatic nitrogens is 1. The molecular weight excluding hydrogens is 389 g/mol. The van der Waals surface area contributed by atoms with Crippen LogP contribution in [0.25, 0.3) is 10.4 Å². The second-order valence-corrected chi connectivity index (χ2v) is 7.39. The van der Waals surface area contributed by atoms with Gasteiger partial charge < -0.3 is 5.32 Å². The second-order valence-electron chi connectivity index (χ2n) is 5.68. The van der Waals surface area contributed by atoms with E-state index in [9.17, 15) is 4.39 Å². The first kappa shape index (κ1) is 16.9. The van der Waals surface area contributed by atoms with Crippen LogP contribution in [0.2, 0.25) is 0 Å². The average molecular weight is 404 g/mol. The molecule has 3 nitrogen and oxygen atoms in total. The highest BCUT2D eigenvalue weighted by molar-refractivity contribution is 9.10. The summed E-state index contributed by atoms with van der Waals surface area (Å²) in [6, 6.07) is 4.61. The molecule has 1 aromatic carbocycles. The van der Waals surface area contributed by atoms with E-state index in [1.165, 1.54) is 12.1 Å². The predicted octanol–water partition coefficient (Wildman–Crippen LogP) is 5.62. The number of nitrogens with zero attached hydrogens (tertiary/aromatic N) is 2. The largest absolute Gasteiger partial charge is 0.372 e. The molecule has 1 aliphatic rings. The Hall–Kier alpha value is -1.97. The minimum absolute atomic E-state index is 0.274. The summed E-state index contributed by atoms with van der Waals surface area (Å²) in [5.74, 6) is -0.582. The van der Waals surface area contributed by atoms with E-state index < -0.39 is 0 Å². The number of allylic oxidation sites excluding steroid dienone is 3. The van der Waals surface area contributed by atoms with E-state index in [1.807, 2.05) is 26.2 Å².